The van der Waals surface area contributed by atoms with Crippen molar-refractivity contribution in [3.05, 3.63) is 48.5 Å². The highest BCUT2D eigenvalue weighted by molar-refractivity contribution is 5.77. The van der Waals surface area contributed by atoms with E-state index in [0.29, 0.717) is 13.2 Å². The fourth-order valence-electron chi connectivity index (χ4n) is 3.54. The number of ether oxygens (including phenoxy) is 1. The molecule has 0 saturated carbocycles. The minimum absolute atomic E-state index is 0.139. The van der Waals surface area contributed by atoms with Crippen LogP contribution >= 0.6 is 0 Å². The van der Waals surface area contributed by atoms with Crippen molar-refractivity contribution in [1.29, 1.82) is 0 Å². The molecule has 140 valence electrons. The first-order valence-corrected chi connectivity index (χ1v) is 9.17. The number of hydrogen-bond acceptors (Lipinski definition) is 5. The Morgan fingerprint density at radius 3 is 2.93 bits per heavy atom. The highest BCUT2D eigenvalue weighted by atomic mass is 19.1. The van der Waals surface area contributed by atoms with Gasteiger partial charge in [0.25, 0.3) is 0 Å². The number of carbonyl (C=O) groups excluding carboxylic acids is 1. The van der Waals surface area contributed by atoms with E-state index in [1.165, 1.54) is 12.1 Å². The molecule has 3 aromatic rings. The SMILES string of the molecule is CCOC(=O)[C@H]1CCCN(c2nccn3nc(-c4ccc(F)cc4)cc23)C1. The molecule has 3 heterocycles. The maximum Gasteiger partial charge on any atom is 0.310 e. The van der Waals surface area contributed by atoms with Crippen LogP contribution in [0.4, 0.5) is 10.2 Å². The van der Waals surface area contributed by atoms with Crippen molar-refractivity contribution in [1.82, 2.24) is 14.6 Å². The number of piperidine rings is 1. The van der Waals surface area contributed by atoms with Crippen molar-refractivity contribution in [2.45, 2.75) is 19.8 Å². The summed E-state index contributed by atoms with van der Waals surface area (Å²) in [5, 5.41) is 4.59. The van der Waals surface area contributed by atoms with Crippen LogP contribution in [0.5, 0.6) is 0 Å². The van der Waals surface area contributed by atoms with Gasteiger partial charge < -0.3 is 9.64 Å². The van der Waals surface area contributed by atoms with E-state index >= 15 is 0 Å². The van der Waals surface area contributed by atoms with Crippen LogP contribution < -0.4 is 4.90 Å². The van der Waals surface area contributed by atoms with Gasteiger partial charge in [0, 0.05) is 31.0 Å². The fourth-order valence-corrected chi connectivity index (χ4v) is 3.54. The molecule has 7 heteroatoms. The van der Waals surface area contributed by atoms with Crippen LogP contribution in [0.1, 0.15) is 19.8 Å². The van der Waals surface area contributed by atoms with Crippen molar-refractivity contribution in [3.8, 4) is 11.3 Å². The lowest BCUT2D eigenvalue weighted by Crippen LogP contribution is -2.40. The molecule has 0 N–H and O–H groups in total. The Balaban J connectivity index is 1.65. The van der Waals surface area contributed by atoms with E-state index < -0.39 is 0 Å². The number of halogens is 1. The minimum Gasteiger partial charge on any atom is -0.466 e. The lowest BCUT2D eigenvalue weighted by molar-refractivity contribution is -0.148. The first-order chi connectivity index (χ1) is 13.2. The van der Waals surface area contributed by atoms with Gasteiger partial charge in [0.15, 0.2) is 5.82 Å². The number of rotatable bonds is 4. The second-order valence-corrected chi connectivity index (χ2v) is 6.65. The van der Waals surface area contributed by atoms with Gasteiger partial charge in [0.1, 0.15) is 11.3 Å². The third-order valence-electron chi connectivity index (χ3n) is 4.85. The van der Waals surface area contributed by atoms with Crippen molar-refractivity contribution in [2.24, 2.45) is 5.92 Å². The Morgan fingerprint density at radius 2 is 2.15 bits per heavy atom. The number of benzene rings is 1. The Morgan fingerprint density at radius 1 is 1.33 bits per heavy atom. The number of aromatic nitrogens is 3. The zero-order valence-corrected chi connectivity index (χ0v) is 15.1. The molecule has 0 bridgehead atoms. The van der Waals surface area contributed by atoms with Crippen LogP contribution in [-0.2, 0) is 9.53 Å². The zero-order valence-electron chi connectivity index (χ0n) is 15.1. The molecule has 2 aromatic heterocycles. The summed E-state index contributed by atoms with van der Waals surface area (Å²) in [6, 6.07) is 8.22. The average Bonchev–Trinajstić information content (AvgIpc) is 3.13. The molecule has 0 spiro atoms. The second-order valence-electron chi connectivity index (χ2n) is 6.65. The van der Waals surface area contributed by atoms with E-state index in [9.17, 15) is 9.18 Å². The smallest absolute Gasteiger partial charge is 0.310 e. The van der Waals surface area contributed by atoms with Crippen LogP contribution in [0.25, 0.3) is 16.8 Å². The highest BCUT2D eigenvalue weighted by Crippen LogP contribution is 2.28. The molecule has 27 heavy (non-hydrogen) atoms. The van der Waals surface area contributed by atoms with E-state index in [2.05, 4.69) is 15.0 Å². The molecule has 1 aromatic carbocycles. The second kappa shape index (κ2) is 7.34. The van der Waals surface area contributed by atoms with Crippen molar-refractivity contribution >= 4 is 17.3 Å². The predicted octanol–water partition coefficient (Wildman–Crippen LogP) is 3.31. The Kier molecular flexibility index (Phi) is 4.75. The third kappa shape index (κ3) is 3.49. The molecule has 0 amide bonds. The number of fused-ring (bicyclic) bond motifs is 1. The summed E-state index contributed by atoms with van der Waals surface area (Å²) < 4.78 is 20.2. The molecule has 1 atom stereocenters. The third-order valence-corrected chi connectivity index (χ3v) is 4.85. The van der Waals surface area contributed by atoms with Gasteiger partial charge in [-0.05, 0) is 50.1 Å². The fraction of sp³-hybridized carbons (Fsp3) is 0.350. The molecule has 4 rings (SSSR count). The largest absolute Gasteiger partial charge is 0.466 e. The van der Waals surface area contributed by atoms with E-state index in [1.807, 2.05) is 13.0 Å². The summed E-state index contributed by atoms with van der Waals surface area (Å²) in [7, 11) is 0. The first kappa shape index (κ1) is 17.5. The maximum absolute atomic E-state index is 13.2. The van der Waals surface area contributed by atoms with Crippen molar-refractivity contribution in [3.63, 3.8) is 0 Å². The van der Waals surface area contributed by atoms with E-state index in [-0.39, 0.29) is 17.7 Å². The summed E-state index contributed by atoms with van der Waals surface area (Å²) in [6.45, 7) is 3.64. The number of hydrogen-bond donors (Lipinski definition) is 0. The molecule has 1 aliphatic rings. The number of carbonyl (C=O) groups is 1. The monoisotopic (exact) mass is 368 g/mol. The van der Waals surface area contributed by atoms with E-state index in [0.717, 1.165) is 42.0 Å². The predicted molar refractivity (Wildman–Crippen MR) is 100.0 cm³/mol. The normalized spacial score (nSPS) is 17.3. The highest BCUT2D eigenvalue weighted by Gasteiger charge is 2.28. The van der Waals surface area contributed by atoms with Crippen LogP contribution in [0.3, 0.4) is 0 Å². The molecular formula is C20H21FN4O2. The van der Waals surface area contributed by atoms with Gasteiger partial charge in [-0.1, -0.05) is 0 Å². The molecule has 1 aliphatic heterocycles. The van der Waals surface area contributed by atoms with Gasteiger partial charge in [0.05, 0.1) is 18.2 Å². The quantitative estimate of drug-likeness (QED) is 0.661. The summed E-state index contributed by atoms with van der Waals surface area (Å²) in [5.41, 5.74) is 2.46. The molecular weight excluding hydrogens is 347 g/mol. The van der Waals surface area contributed by atoms with Crippen LogP contribution in [0.15, 0.2) is 42.7 Å². The Labute approximate surface area is 156 Å². The van der Waals surface area contributed by atoms with Crippen molar-refractivity contribution in [2.75, 3.05) is 24.6 Å². The van der Waals surface area contributed by atoms with E-state index in [1.54, 1.807) is 29.0 Å². The van der Waals surface area contributed by atoms with Gasteiger partial charge in [0.2, 0.25) is 0 Å². The Hall–Kier alpha value is -2.96. The number of esters is 1. The van der Waals surface area contributed by atoms with Crippen molar-refractivity contribution < 1.29 is 13.9 Å². The average molecular weight is 368 g/mol. The van der Waals surface area contributed by atoms with Gasteiger partial charge in [-0.25, -0.2) is 13.9 Å². The molecule has 0 unspecified atom stereocenters. The topological polar surface area (TPSA) is 59.7 Å². The first-order valence-electron chi connectivity index (χ1n) is 9.17. The van der Waals surface area contributed by atoms with Gasteiger partial charge in [-0.15, -0.1) is 0 Å². The molecule has 6 nitrogen and oxygen atoms in total. The van der Waals surface area contributed by atoms with E-state index in [4.69, 9.17) is 4.74 Å². The van der Waals surface area contributed by atoms with Crippen LogP contribution in [-0.4, -0.2) is 40.3 Å². The number of nitrogens with zero attached hydrogens (tertiary/aromatic N) is 4. The summed E-state index contributed by atoms with van der Waals surface area (Å²) in [6.07, 6.45) is 5.24. The van der Waals surface area contributed by atoms with Crippen LogP contribution in [0, 0.1) is 11.7 Å². The lowest BCUT2D eigenvalue weighted by atomic mass is 9.98. The molecule has 1 saturated heterocycles. The van der Waals surface area contributed by atoms with Gasteiger partial charge in [-0.3, -0.25) is 4.79 Å². The minimum atomic E-state index is -0.275. The Bertz CT molecular complexity index is 954. The lowest BCUT2D eigenvalue weighted by Gasteiger charge is -2.32. The van der Waals surface area contributed by atoms with Gasteiger partial charge >= 0.3 is 5.97 Å². The molecule has 0 radical (unpaired) electrons. The van der Waals surface area contributed by atoms with Gasteiger partial charge in [-0.2, -0.15) is 5.10 Å². The number of anilines is 1. The molecule has 0 aliphatic carbocycles. The standard InChI is InChI=1S/C20H21FN4O2/c1-2-27-20(26)15-4-3-10-24(13-15)19-18-12-17(23-25(18)11-9-22-19)14-5-7-16(21)8-6-14/h5-9,11-12,15H,2-4,10,13H2,1H3/t15-/m0/s1. The maximum atomic E-state index is 13.2. The zero-order chi connectivity index (χ0) is 18.8. The van der Waals surface area contributed by atoms with Crippen LogP contribution in [0.2, 0.25) is 0 Å². The summed E-state index contributed by atoms with van der Waals surface area (Å²) in [5.74, 6) is 0.241. The summed E-state index contributed by atoms with van der Waals surface area (Å²) >= 11 is 0. The summed E-state index contributed by atoms with van der Waals surface area (Å²) in [4.78, 5) is 18.8. The molecule has 1 fully saturated rings.